The van der Waals surface area contributed by atoms with Crippen molar-refractivity contribution in [1.82, 2.24) is 4.98 Å². The van der Waals surface area contributed by atoms with E-state index in [9.17, 15) is 4.79 Å². The van der Waals surface area contributed by atoms with Crippen molar-refractivity contribution in [2.45, 2.75) is 0 Å². The van der Waals surface area contributed by atoms with Gasteiger partial charge in [-0.2, -0.15) is 0 Å². The van der Waals surface area contributed by atoms with Gasteiger partial charge in [0.1, 0.15) is 5.75 Å². The van der Waals surface area contributed by atoms with Crippen LogP contribution in [0.25, 0.3) is 17.0 Å². The van der Waals surface area contributed by atoms with Crippen LogP contribution >= 0.6 is 23.2 Å². The van der Waals surface area contributed by atoms with Crippen molar-refractivity contribution in [3.8, 4) is 5.75 Å². The number of methoxy groups -OCH3 is 1. The molecule has 25 heavy (non-hydrogen) atoms. The molecular weight excluding hydrogens is 359 g/mol. The van der Waals surface area contributed by atoms with Gasteiger partial charge in [-0.05, 0) is 42.5 Å². The maximum absolute atomic E-state index is 12.3. The van der Waals surface area contributed by atoms with Crippen LogP contribution in [0.1, 0.15) is 5.56 Å². The number of carbonyl (C=O) groups excluding carboxylic acids is 1. The molecule has 1 heterocycles. The molecule has 0 aliphatic rings. The molecule has 0 aliphatic heterocycles. The molecule has 1 N–H and O–H groups in total. The minimum absolute atomic E-state index is 0.283. The van der Waals surface area contributed by atoms with Gasteiger partial charge in [0, 0.05) is 28.2 Å². The van der Waals surface area contributed by atoms with Gasteiger partial charge in [-0.25, -0.2) is 0 Å². The van der Waals surface area contributed by atoms with Crippen LogP contribution in [0.2, 0.25) is 10.0 Å². The molecule has 0 atom stereocenters. The fourth-order valence-electron chi connectivity index (χ4n) is 2.47. The van der Waals surface area contributed by atoms with E-state index in [-0.39, 0.29) is 5.91 Å². The van der Waals surface area contributed by atoms with Gasteiger partial charge in [0.05, 0.1) is 23.3 Å². The predicted octanol–water partition coefficient (Wildman–Crippen LogP) is 5.20. The lowest BCUT2D eigenvalue weighted by Gasteiger charge is -2.08. The van der Waals surface area contributed by atoms with E-state index in [2.05, 4.69) is 10.3 Å². The van der Waals surface area contributed by atoms with Crippen LogP contribution in [0.4, 0.5) is 5.69 Å². The molecule has 0 spiro atoms. The number of anilines is 1. The maximum Gasteiger partial charge on any atom is 0.248 e. The van der Waals surface area contributed by atoms with Crippen LogP contribution in [0.3, 0.4) is 0 Å². The van der Waals surface area contributed by atoms with Gasteiger partial charge in [-0.3, -0.25) is 9.78 Å². The Balaban J connectivity index is 1.84. The lowest BCUT2D eigenvalue weighted by atomic mass is 10.1. The predicted molar refractivity (Wildman–Crippen MR) is 102 cm³/mol. The molecule has 126 valence electrons. The van der Waals surface area contributed by atoms with Crippen molar-refractivity contribution < 1.29 is 9.53 Å². The summed E-state index contributed by atoms with van der Waals surface area (Å²) in [4.78, 5) is 16.5. The first-order valence-corrected chi connectivity index (χ1v) is 8.20. The van der Waals surface area contributed by atoms with E-state index in [0.29, 0.717) is 27.0 Å². The molecule has 3 rings (SSSR count). The van der Waals surface area contributed by atoms with Gasteiger partial charge in [-0.1, -0.05) is 29.3 Å². The van der Waals surface area contributed by atoms with Gasteiger partial charge in [-0.15, -0.1) is 0 Å². The second-order valence-corrected chi connectivity index (χ2v) is 6.05. The number of aromatic nitrogens is 1. The van der Waals surface area contributed by atoms with E-state index in [1.54, 1.807) is 24.4 Å². The van der Waals surface area contributed by atoms with Crippen molar-refractivity contribution in [1.29, 1.82) is 0 Å². The van der Waals surface area contributed by atoms with E-state index in [0.717, 1.165) is 10.9 Å². The number of ether oxygens (including phenoxy) is 1. The number of hydrogen-bond acceptors (Lipinski definition) is 3. The first kappa shape index (κ1) is 17.3. The highest BCUT2D eigenvalue weighted by atomic mass is 35.5. The van der Waals surface area contributed by atoms with Crippen LogP contribution < -0.4 is 10.1 Å². The summed E-state index contributed by atoms with van der Waals surface area (Å²) in [6, 6.07) is 12.6. The standard InChI is InChI=1S/C19H14Cl2N2O2/c1-25-19-12(10-13(20)11-15(19)21)7-8-18(24)23-17-6-2-5-16-14(17)4-3-9-22-16/h2-11H,1H3,(H,23,24). The topological polar surface area (TPSA) is 51.2 Å². The molecule has 1 aromatic heterocycles. The maximum atomic E-state index is 12.3. The van der Waals surface area contributed by atoms with Crippen molar-refractivity contribution in [3.63, 3.8) is 0 Å². The third kappa shape index (κ3) is 3.92. The Morgan fingerprint density at radius 2 is 2.04 bits per heavy atom. The highest BCUT2D eigenvalue weighted by Crippen LogP contribution is 2.33. The summed E-state index contributed by atoms with van der Waals surface area (Å²) in [6.45, 7) is 0. The van der Waals surface area contributed by atoms with Crippen LogP contribution in [0.5, 0.6) is 5.75 Å². The van der Waals surface area contributed by atoms with Crippen LogP contribution in [0, 0.1) is 0 Å². The molecule has 0 saturated heterocycles. The average molecular weight is 373 g/mol. The number of rotatable bonds is 4. The Kier molecular flexibility index (Phi) is 5.22. The Labute approximate surface area is 155 Å². The number of carbonyl (C=O) groups is 1. The molecule has 0 unspecified atom stereocenters. The molecule has 0 saturated carbocycles. The lowest BCUT2D eigenvalue weighted by molar-refractivity contribution is -0.111. The third-order valence-electron chi connectivity index (χ3n) is 3.56. The third-order valence-corrected chi connectivity index (χ3v) is 4.06. The zero-order chi connectivity index (χ0) is 17.8. The SMILES string of the molecule is COc1c(Cl)cc(Cl)cc1C=CC(=O)Nc1cccc2ncccc12. The Morgan fingerprint density at radius 1 is 1.20 bits per heavy atom. The van der Waals surface area contributed by atoms with E-state index in [1.807, 2.05) is 30.3 Å². The number of halogens is 2. The monoisotopic (exact) mass is 372 g/mol. The molecule has 6 heteroatoms. The van der Waals surface area contributed by atoms with Crippen LogP contribution in [-0.4, -0.2) is 18.0 Å². The fourth-order valence-corrected chi connectivity index (χ4v) is 3.06. The van der Waals surface area contributed by atoms with Crippen molar-refractivity contribution >= 4 is 51.8 Å². The van der Waals surface area contributed by atoms with E-state index in [4.69, 9.17) is 27.9 Å². The first-order chi connectivity index (χ1) is 12.1. The van der Waals surface area contributed by atoms with E-state index >= 15 is 0 Å². The smallest absolute Gasteiger partial charge is 0.248 e. The molecule has 0 fully saturated rings. The average Bonchev–Trinajstić information content (AvgIpc) is 2.60. The summed E-state index contributed by atoms with van der Waals surface area (Å²) in [5.74, 6) is 0.180. The lowest BCUT2D eigenvalue weighted by Crippen LogP contribution is -2.08. The van der Waals surface area contributed by atoms with Gasteiger partial charge in [0.2, 0.25) is 5.91 Å². The number of pyridine rings is 1. The second kappa shape index (κ2) is 7.55. The molecule has 2 aromatic carbocycles. The van der Waals surface area contributed by atoms with Gasteiger partial charge in [0.25, 0.3) is 0 Å². The number of hydrogen-bond donors (Lipinski definition) is 1. The summed E-state index contributed by atoms with van der Waals surface area (Å²) in [5, 5.41) is 4.57. The molecule has 4 nitrogen and oxygen atoms in total. The number of nitrogens with zero attached hydrogens (tertiary/aromatic N) is 1. The number of nitrogens with one attached hydrogen (secondary N) is 1. The molecule has 0 aliphatic carbocycles. The molecule has 3 aromatic rings. The highest BCUT2D eigenvalue weighted by molar-refractivity contribution is 6.36. The van der Waals surface area contributed by atoms with E-state index < -0.39 is 0 Å². The summed E-state index contributed by atoms with van der Waals surface area (Å²) >= 11 is 12.1. The summed E-state index contributed by atoms with van der Waals surface area (Å²) < 4.78 is 5.26. The largest absolute Gasteiger partial charge is 0.495 e. The Morgan fingerprint density at radius 3 is 2.84 bits per heavy atom. The van der Waals surface area contributed by atoms with Gasteiger partial charge < -0.3 is 10.1 Å². The zero-order valence-electron chi connectivity index (χ0n) is 13.3. The minimum Gasteiger partial charge on any atom is -0.495 e. The summed E-state index contributed by atoms with van der Waals surface area (Å²) in [5.41, 5.74) is 2.12. The van der Waals surface area contributed by atoms with E-state index in [1.165, 1.54) is 13.2 Å². The Bertz CT molecular complexity index is 966. The highest BCUT2D eigenvalue weighted by Gasteiger charge is 2.08. The van der Waals surface area contributed by atoms with Crippen LogP contribution in [0.15, 0.2) is 54.7 Å². The minimum atomic E-state index is -0.283. The summed E-state index contributed by atoms with van der Waals surface area (Å²) in [6.07, 6.45) is 4.72. The molecule has 0 radical (unpaired) electrons. The number of benzene rings is 2. The molecule has 1 amide bonds. The van der Waals surface area contributed by atoms with Gasteiger partial charge >= 0.3 is 0 Å². The summed E-state index contributed by atoms with van der Waals surface area (Å²) in [7, 11) is 1.51. The van der Waals surface area contributed by atoms with Crippen LogP contribution in [-0.2, 0) is 4.79 Å². The normalized spacial score (nSPS) is 11.0. The number of amides is 1. The van der Waals surface area contributed by atoms with Crippen molar-refractivity contribution in [2.75, 3.05) is 12.4 Å². The zero-order valence-corrected chi connectivity index (χ0v) is 14.8. The first-order valence-electron chi connectivity index (χ1n) is 7.44. The number of fused-ring (bicyclic) bond motifs is 1. The van der Waals surface area contributed by atoms with Gasteiger partial charge in [0.15, 0.2) is 0 Å². The van der Waals surface area contributed by atoms with Crippen molar-refractivity contribution in [3.05, 3.63) is 70.3 Å². The van der Waals surface area contributed by atoms with Crippen molar-refractivity contribution in [2.24, 2.45) is 0 Å². The quantitative estimate of drug-likeness (QED) is 0.640. The molecule has 0 bridgehead atoms. The molecular formula is C19H14Cl2N2O2. The second-order valence-electron chi connectivity index (χ2n) is 5.21. The Hall–Kier alpha value is -2.56. The fraction of sp³-hybridized carbons (Fsp3) is 0.0526.